The molecule has 1 amide bonds. The van der Waals surface area contributed by atoms with Crippen LogP contribution in [0.5, 0.6) is 5.75 Å². The number of nitrogens with zero attached hydrogens (tertiary/aromatic N) is 1. The number of rotatable bonds is 9. The van der Waals surface area contributed by atoms with Crippen molar-refractivity contribution in [3.8, 4) is 5.75 Å². The van der Waals surface area contributed by atoms with Crippen molar-refractivity contribution < 1.29 is 17.9 Å². The Morgan fingerprint density at radius 3 is 2.24 bits per heavy atom. The molecular formula is C30H30N2O4S. The van der Waals surface area contributed by atoms with Crippen LogP contribution in [0.25, 0.3) is 0 Å². The number of amides is 1. The third-order valence-electron chi connectivity index (χ3n) is 5.66. The zero-order chi connectivity index (χ0) is 26.4. The molecule has 190 valence electrons. The van der Waals surface area contributed by atoms with E-state index in [-0.39, 0.29) is 23.1 Å². The van der Waals surface area contributed by atoms with Crippen LogP contribution in [-0.2, 0) is 16.6 Å². The second-order valence-corrected chi connectivity index (χ2v) is 10.8. The summed E-state index contributed by atoms with van der Waals surface area (Å²) in [7, 11) is -3.98. The molecule has 0 heterocycles. The van der Waals surface area contributed by atoms with Crippen molar-refractivity contribution in [1.82, 2.24) is 0 Å². The van der Waals surface area contributed by atoms with Crippen molar-refractivity contribution in [3.05, 3.63) is 120 Å². The lowest BCUT2D eigenvalue weighted by Crippen LogP contribution is -2.32. The highest BCUT2D eigenvalue weighted by atomic mass is 32.2. The summed E-state index contributed by atoms with van der Waals surface area (Å²) in [5.41, 5.74) is 2.83. The summed E-state index contributed by atoms with van der Waals surface area (Å²) in [6, 6.07) is 29.9. The van der Waals surface area contributed by atoms with E-state index >= 15 is 0 Å². The highest BCUT2D eigenvalue weighted by Crippen LogP contribution is 2.30. The van der Waals surface area contributed by atoms with E-state index < -0.39 is 15.9 Å². The minimum Gasteiger partial charge on any atom is -0.491 e. The molecule has 0 saturated carbocycles. The fourth-order valence-electron chi connectivity index (χ4n) is 3.89. The Hall–Kier alpha value is -4.10. The van der Waals surface area contributed by atoms with Gasteiger partial charge in [-0.2, -0.15) is 0 Å². The summed E-state index contributed by atoms with van der Waals surface area (Å²) >= 11 is 0. The van der Waals surface area contributed by atoms with E-state index in [1.165, 1.54) is 4.31 Å². The summed E-state index contributed by atoms with van der Waals surface area (Å²) in [6.07, 6.45) is -0.00907. The van der Waals surface area contributed by atoms with Crippen LogP contribution in [0.3, 0.4) is 0 Å². The third kappa shape index (κ3) is 6.37. The van der Waals surface area contributed by atoms with Gasteiger partial charge in [0.1, 0.15) is 5.75 Å². The molecule has 37 heavy (non-hydrogen) atoms. The SMILES string of the molecule is Cc1ccc(S(=O)(=O)N(Cc2ccccc2)c2ccccc2C(=O)Nc2cccc(OC(C)C)c2)cc1. The van der Waals surface area contributed by atoms with Gasteiger partial charge < -0.3 is 10.1 Å². The normalized spacial score (nSPS) is 11.2. The van der Waals surface area contributed by atoms with Crippen LogP contribution >= 0.6 is 0 Å². The molecule has 4 rings (SSSR count). The maximum absolute atomic E-state index is 13.9. The topological polar surface area (TPSA) is 75.7 Å². The van der Waals surface area contributed by atoms with Gasteiger partial charge in [0.2, 0.25) is 0 Å². The van der Waals surface area contributed by atoms with E-state index in [0.717, 1.165) is 11.1 Å². The van der Waals surface area contributed by atoms with E-state index in [2.05, 4.69) is 5.32 Å². The van der Waals surface area contributed by atoms with Gasteiger partial charge in [-0.25, -0.2) is 8.42 Å². The first-order valence-corrected chi connectivity index (χ1v) is 13.5. The van der Waals surface area contributed by atoms with Gasteiger partial charge in [-0.15, -0.1) is 0 Å². The molecule has 0 spiro atoms. The number of hydrogen-bond acceptors (Lipinski definition) is 4. The van der Waals surface area contributed by atoms with Crippen LogP contribution in [0, 0.1) is 6.92 Å². The average molecular weight is 515 g/mol. The molecule has 1 N–H and O–H groups in total. The Bertz CT molecular complexity index is 1470. The minimum absolute atomic E-state index is 0.00907. The number of carbonyl (C=O) groups is 1. The van der Waals surface area contributed by atoms with Gasteiger partial charge >= 0.3 is 0 Å². The molecule has 0 unspecified atom stereocenters. The number of aryl methyl sites for hydroxylation is 1. The predicted molar refractivity (Wildman–Crippen MR) is 148 cm³/mol. The van der Waals surface area contributed by atoms with Crippen molar-refractivity contribution in [3.63, 3.8) is 0 Å². The van der Waals surface area contributed by atoms with Crippen LogP contribution in [0.2, 0.25) is 0 Å². The van der Waals surface area contributed by atoms with E-state index in [1.54, 1.807) is 66.7 Å². The molecular weight excluding hydrogens is 484 g/mol. The Balaban J connectivity index is 1.74. The lowest BCUT2D eigenvalue weighted by Gasteiger charge is -2.27. The van der Waals surface area contributed by atoms with Crippen LogP contribution in [0.1, 0.15) is 35.3 Å². The number of ether oxygens (including phenoxy) is 1. The van der Waals surface area contributed by atoms with Crippen molar-refractivity contribution in [1.29, 1.82) is 0 Å². The predicted octanol–water partition coefficient (Wildman–Crippen LogP) is 6.43. The lowest BCUT2D eigenvalue weighted by atomic mass is 10.1. The molecule has 0 atom stereocenters. The quantitative estimate of drug-likeness (QED) is 0.279. The van der Waals surface area contributed by atoms with Crippen LogP contribution in [0.15, 0.2) is 108 Å². The van der Waals surface area contributed by atoms with Gasteiger partial charge in [-0.05, 0) is 62.7 Å². The molecule has 0 saturated heterocycles. The fourth-order valence-corrected chi connectivity index (χ4v) is 5.36. The van der Waals surface area contributed by atoms with Gasteiger partial charge in [0.25, 0.3) is 15.9 Å². The molecule has 0 radical (unpaired) electrons. The zero-order valence-electron chi connectivity index (χ0n) is 21.1. The fraction of sp³-hybridized carbons (Fsp3) is 0.167. The molecule has 0 fully saturated rings. The average Bonchev–Trinajstić information content (AvgIpc) is 2.88. The summed E-state index contributed by atoms with van der Waals surface area (Å²) in [6.45, 7) is 5.83. The zero-order valence-corrected chi connectivity index (χ0v) is 21.9. The van der Waals surface area contributed by atoms with E-state index in [4.69, 9.17) is 4.74 Å². The van der Waals surface area contributed by atoms with E-state index in [0.29, 0.717) is 17.1 Å². The first kappa shape index (κ1) is 26.0. The molecule has 0 aliphatic heterocycles. The monoisotopic (exact) mass is 514 g/mol. The smallest absolute Gasteiger partial charge is 0.264 e. The number of nitrogens with one attached hydrogen (secondary N) is 1. The maximum atomic E-state index is 13.9. The van der Waals surface area contributed by atoms with Crippen LogP contribution in [0.4, 0.5) is 11.4 Å². The summed E-state index contributed by atoms with van der Waals surface area (Å²) in [4.78, 5) is 13.6. The minimum atomic E-state index is -3.98. The Morgan fingerprint density at radius 2 is 1.54 bits per heavy atom. The molecule has 0 aliphatic carbocycles. The number of hydrogen-bond donors (Lipinski definition) is 1. The van der Waals surface area contributed by atoms with Crippen molar-refractivity contribution >= 4 is 27.3 Å². The second-order valence-electron chi connectivity index (χ2n) is 8.98. The molecule has 4 aromatic carbocycles. The molecule has 0 bridgehead atoms. The molecule has 4 aromatic rings. The first-order chi connectivity index (χ1) is 17.7. The van der Waals surface area contributed by atoms with Crippen LogP contribution in [-0.4, -0.2) is 20.4 Å². The molecule has 6 nitrogen and oxygen atoms in total. The maximum Gasteiger partial charge on any atom is 0.264 e. The van der Waals surface area contributed by atoms with E-state index in [1.807, 2.05) is 57.2 Å². The number of para-hydroxylation sites is 1. The van der Waals surface area contributed by atoms with Crippen molar-refractivity contribution in [2.75, 3.05) is 9.62 Å². The van der Waals surface area contributed by atoms with Crippen molar-refractivity contribution in [2.24, 2.45) is 0 Å². The Kier molecular flexibility index (Phi) is 7.94. The molecule has 0 aromatic heterocycles. The first-order valence-electron chi connectivity index (χ1n) is 12.0. The molecule has 0 aliphatic rings. The Labute approximate surface area is 218 Å². The highest BCUT2D eigenvalue weighted by molar-refractivity contribution is 7.92. The second kappa shape index (κ2) is 11.3. The van der Waals surface area contributed by atoms with Gasteiger partial charge in [-0.3, -0.25) is 9.10 Å². The van der Waals surface area contributed by atoms with Crippen molar-refractivity contribution in [2.45, 2.75) is 38.3 Å². The van der Waals surface area contributed by atoms with Gasteiger partial charge in [0.15, 0.2) is 0 Å². The largest absolute Gasteiger partial charge is 0.491 e. The number of anilines is 2. The Morgan fingerprint density at radius 1 is 0.865 bits per heavy atom. The summed E-state index contributed by atoms with van der Waals surface area (Å²) < 4.78 is 34.8. The number of carbonyl (C=O) groups excluding carboxylic acids is 1. The lowest BCUT2D eigenvalue weighted by molar-refractivity contribution is 0.102. The summed E-state index contributed by atoms with van der Waals surface area (Å²) in [5, 5.41) is 2.89. The molecule has 7 heteroatoms. The summed E-state index contributed by atoms with van der Waals surface area (Å²) in [5.74, 6) is 0.211. The van der Waals surface area contributed by atoms with Gasteiger partial charge in [0.05, 0.1) is 28.8 Å². The third-order valence-corrected chi connectivity index (χ3v) is 7.43. The van der Waals surface area contributed by atoms with Gasteiger partial charge in [0, 0.05) is 11.8 Å². The standard InChI is InChI=1S/C30H30N2O4S/c1-22(2)36-26-13-9-12-25(20-26)31-30(33)28-14-7-8-15-29(28)32(21-24-10-5-4-6-11-24)37(34,35)27-18-16-23(3)17-19-27/h4-20,22H,21H2,1-3H3,(H,31,33). The highest BCUT2D eigenvalue weighted by Gasteiger charge is 2.28. The van der Waals surface area contributed by atoms with Crippen LogP contribution < -0.4 is 14.4 Å². The number of sulfonamides is 1. The number of benzene rings is 4. The van der Waals surface area contributed by atoms with E-state index in [9.17, 15) is 13.2 Å². The van der Waals surface area contributed by atoms with Gasteiger partial charge in [-0.1, -0.05) is 66.2 Å².